The Morgan fingerprint density at radius 1 is 1.38 bits per heavy atom. The summed E-state index contributed by atoms with van der Waals surface area (Å²) in [6.07, 6.45) is 1.27. The number of nitrogens with one attached hydrogen (secondary N) is 1. The highest BCUT2D eigenvalue weighted by Gasteiger charge is 2.05. The second kappa shape index (κ2) is 6.54. The van der Waals surface area contributed by atoms with E-state index in [4.69, 9.17) is 11.6 Å². The van der Waals surface area contributed by atoms with Crippen LogP contribution in [-0.2, 0) is 11.2 Å². The Morgan fingerprint density at radius 3 is 2.81 bits per heavy atom. The number of amides is 1. The van der Waals surface area contributed by atoms with E-state index in [2.05, 4.69) is 23.5 Å². The van der Waals surface area contributed by atoms with Gasteiger partial charge < -0.3 is 5.32 Å². The summed E-state index contributed by atoms with van der Waals surface area (Å²) in [5.41, 5.74) is 3.45. The molecule has 3 heteroatoms. The van der Waals surface area contributed by atoms with E-state index in [0.29, 0.717) is 18.8 Å². The topological polar surface area (TPSA) is 29.1 Å². The van der Waals surface area contributed by atoms with Gasteiger partial charge in [-0.05, 0) is 31.4 Å². The minimum Gasteiger partial charge on any atom is -0.356 e. The SMILES string of the molecule is Cc1ccc(C)c(CC(=O)NCCCCl)c1. The molecule has 0 atom stereocenters. The molecule has 0 spiro atoms. The zero-order valence-corrected chi connectivity index (χ0v) is 10.6. The van der Waals surface area contributed by atoms with Crippen molar-refractivity contribution in [3.63, 3.8) is 0 Å². The zero-order valence-electron chi connectivity index (χ0n) is 9.85. The Morgan fingerprint density at radius 2 is 2.12 bits per heavy atom. The van der Waals surface area contributed by atoms with Crippen LogP contribution in [0, 0.1) is 13.8 Å². The summed E-state index contributed by atoms with van der Waals surface area (Å²) in [6.45, 7) is 4.72. The number of aryl methyl sites for hydroxylation is 2. The highest BCUT2D eigenvalue weighted by atomic mass is 35.5. The molecule has 1 N–H and O–H groups in total. The van der Waals surface area contributed by atoms with E-state index in [0.717, 1.165) is 17.5 Å². The van der Waals surface area contributed by atoms with E-state index in [1.165, 1.54) is 5.56 Å². The molecule has 1 amide bonds. The van der Waals surface area contributed by atoms with E-state index < -0.39 is 0 Å². The number of halogens is 1. The van der Waals surface area contributed by atoms with E-state index >= 15 is 0 Å². The van der Waals surface area contributed by atoms with E-state index in [1.54, 1.807) is 0 Å². The Bertz CT molecular complexity index is 363. The lowest BCUT2D eigenvalue weighted by Crippen LogP contribution is -2.26. The lowest BCUT2D eigenvalue weighted by molar-refractivity contribution is -0.120. The molecule has 0 aliphatic carbocycles. The molecule has 2 nitrogen and oxygen atoms in total. The number of rotatable bonds is 5. The molecule has 0 aliphatic heterocycles. The van der Waals surface area contributed by atoms with Crippen molar-refractivity contribution in [2.45, 2.75) is 26.7 Å². The van der Waals surface area contributed by atoms with Gasteiger partial charge in [0, 0.05) is 12.4 Å². The molecule has 0 bridgehead atoms. The van der Waals surface area contributed by atoms with Crippen molar-refractivity contribution in [1.29, 1.82) is 0 Å². The summed E-state index contributed by atoms with van der Waals surface area (Å²) in [5, 5.41) is 2.86. The number of hydrogen-bond donors (Lipinski definition) is 1. The molecular weight excluding hydrogens is 222 g/mol. The fourth-order valence-electron chi connectivity index (χ4n) is 1.52. The van der Waals surface area contributed by atoms with Crippen molar-refractivity contribution in [1.82, 2.24) is 5.32 Å². The van der Waals surface area contributed by atoms with E-state index in [1.807, 2.05) is 13.8 Å². The molecule has 0 unspecified atom stereocenters. The van der Waals surface area contributed by atoms with Gasteiger partial charge in [0.2, 0.25) is 5.91 Å². The molecular formula is C13H18ClNO. The predicted molar refractivity (Wildman–Crippen MR) is 68.0 cm³/mol. The number of benzene rings is 1. The molecule has 1 aromatic carbocycles. The molecule has 0 fully saturated rings. The van der Waals surface area contributed by atoms with Crippen LogP contribution in [0.5, 0.6) is 0 Å². The van der Waals surface area contributed by atoms with Crippen LogP contribution in [-0.4, -0.2) is 18.3 Å². The van der Waals surface area contributed by atoms with E-state index in [9.17, 15) is 4.79 Å². The van der Waals surface area contributed by atoms with Gasteiger partial charge in [-0.2, -0.15) is 0 Å². The summed E-state index contributed by atoms with van der Waals surface area (Å²) in [5.74, 6) is 0.655. The molecule has 0 heterocycles. The molecule has 1 rings (SSSR count). The Hall–Kier alpha value is -1.02. The molecule has 0 saturated carbocycles. The maximum absolute atomic E-state index is 11.6. The van der Waals surface area contributed by atoms with Gasteiger partial charge >= 0.3 is 0 Å². The third-order valence-electron chi connectivity index (χ3n) is 2.49. The Balaban J connectivity index is 2.52. The fourth-order valence-corrected chi connectivity index (χ4v) is 1.65. The fraction of sp³-hybridized carbons (Fsp3) is 0.462. The average Bonchev–Trinajstić information content (AvgIpc) is 2.24. The molecule has 0 aromatic heterocycles. The third kappa shape index (κ3) is 4.23. The minimum atomic E-state index is 0.0683. The molecule has 0 aliphatic rings. The van der Waals surface area contributed by atoms with Crippen LogP contribution in [0.15, 0.2) is 18.2 Å². The summed E-state index contributed by atoms with van der Waals surface area (Å²) < 4.78 is 0. The summed E-state index contributed by atoms with van der Waals surface area (Å²) in [7, 11) is 0. The molecule has 1 aromatic rings. The first-order valence-corrected chi connectivity index (χ1v) is 6.05. The van der Waals surface area contributed by atoms with Gasteiger partial charge in [0.15, 0.2) is 0 Å². The average molecular weight is 240 g/mol. The van der Waals surface area contributed by atoms with Crippen molar-refractivity contribution in [2.24, 2.45) is 0 Å². The van der Waals surface area contributed by atoms with Crippen LogP contribution < -0.4 is 5.32 Å². The maximum Gasteiger partial charge on any atom is 0.224 e. The molecule has 88 valence electrons. The van der Waals surface area contributed by atoms with Crippen LogP contribution in [0.25, 0.3) is 0 Å². The Labute approximate surface area is 102 Å². The number of carbonyl (C=O) groups is 1. The largest absolute Gasteiger partial charge is 0.356 e. The minimum absolute atomic E-state index is 0.0683. The van der Waals surface area contributed by atoms with Crippen LogP contribution in [0.2, 0.25) is 0 Å². The monoisotopic (exact) mass is 239 g/mol. The number of carbonyl (C=O) groups excluding carboxylic acids is 1. The van der Waals surface area contributed by atoms with Crippen LogP contribution in [0.1, 0.15) is 23.1 Å². The highest BCUT2D eigenvalue weighted by Crippen LogP contribution is 2.11. The first-order chi connectivity index (χ1) is 7.63. The van der Waals surface area contributed by atoms with Gasteiger partial charge in [0.05, 0.1) is 6.42 Å². The lowest BCUT2D eigenvalue weighted by atomic mass is 10.0. The summed E-state index contributed by atoms with van der Waals surface area (Å²) in [4.78, 5) is 11.6. The highest BCUT2D eigenvalue weighted by molar-refractivity contribution is 6.17. The maximum atomic E-state index is 11.6. The summed E-state index contributed by atoms with van der Waals surface area (Å²) >= 11 is 5.54. The second-order valence-electron chi connectivity index (χ2n) is 4.00. The van der Waals surface area contributed by atoms with Crippen molar-refractivity contribution in [3.8, 4) is 0 Å². The van der Waals surface area contributed by atoms with Crippen LogP contribution in [0.3, 0.4) is 0 Å². The zero-order chi connectivity index (χ0) is 12.0. The standard InChI is InChI=1S/C13H18ClNO/c1-10-4-5-11(2)12(8-10)9-13(16)15-7-3-6-14/h4-5,8H,3,6-7,9H2,1-2H3,(H,15,16). The lowest BCUT2D eigenvalue weighted by Gasteiger charge is -2.07. The third-order valence-corrected chi connectivity index (χ3v) is 2.76. The van der Waals surface area contributed by atoms with Crippen molar-refractivity contribution < 1.29 is 4.79 Å². The smallest absolute Gasteiger partial charge is 0.224 e. The predicted octanol–water partition coefficient (Wildman–Crippen LogP) is 2.59. The summed E-state index contributed by atoms with van der Waals surface area (Å²) in [6, 6.07) is 6.18. The van der Waals surface area contributed by atoms with Gasteiger partial charge in [-0.15, -0.1) is 11.6 Å². The first-order valence-electron chi connectivity index (χ1n) is 5.52. The van der Waals surface area contributed by atoms with Gasteiger partial charge in [0.25, 0.3) is 0 Å². The van der Waals surface area contributed by atoms with Crippen molar-refractivity contribution in [3.05, 3.63) is 34.9 Å². The first kappa shape index (κ1) is 13.0. The Kier molecular flexibility index (Phi) is 5.33. The van der Waals surface area contributed by atoms with Gasteiger partial charge in [-0.1, -0.05) is 23.8 Å². The molecule has 0 saturated heterocycles. The number of alkyl halides is 1. The molecule has 16 heavy (non-hydrogen) atoms. The van der Waals surface area contributed by atoms with Gasteiger partial charge in [-0.3, -0.25) is 4.79 Å². The normalized spacial score (nSPS) is 10.2. The van der Waals surface area contributed by atoms with Crippen LogP contribution >= 0.6 is 11.6 Å². The van der Waals surface area contributed by atoms with Gasteiger partial charge in [-0.25, -0.2) is 0 Å². The van der Waals surface area contributed by atoms with E-state index in [-0.39, 0.29) is 5.91 Å². The second-order valence-corrected chi connectivity index (χ2v) is 4.38. The quantitative estimate of drug-likeness (QED) is 0.621. The van der Waals surface area contributed by atoms with Crippen molar-refractivity contribution in [2.75, 3.05) is 12.4 Å². The molecule has 0 radical (unpaired) electrons. The van der Waals surface area contributed by atoms with Crippen molar-refractivity contribution >= 4 is 17.5 Å². The van der Waals surface area contributed by atoms with Crippen LogP contribution in [0.4, 0.5) is 0 Å². The van der Waals surface area contributed by atoms with Gasteiger partial charge in [0.1, 0.15) is 0 Å². The number of hydrogen-bond acceptors (Lipinski definition) is 1.